The van der Waals surface area contributed by atoms with Gasteiger partial charge in [-0.2, -0.15) is 0 Å². The number of ether oxygens (including phenoxy) is 1. The summed E-state index contributed by atoms with van der Waals surface area (Å²) in [7, 11) is 0. The molecule has 0 aliphatic heterocycles. The van der Waals surface area contributed by atoms with E-state index in [0.29, 0.717) is 5.56 Å². The van der Waals surface area contributed by atoms with Gasteiger partial charge in [-0.1, -0.05) is 6.07 Å². The Kier molecular flexibility index (Phi) is 3.66. The summed E-state index contributed by atoms with van der Waals surface area (Å²) in [6, 6.07) is 3.21. The van der Waals surface area contributed by atoms with Crippen LogP contribution in [0.1, 0.15) is 28.4 Å². The highest BCUT2D eigenvalue weighted by Gasteiger charge is 2.22. The van der Waals surface area contributed by atoms with Gasteiger partial charge in [0.2, 0.25) is 0 Å². The maximum Gasteiger partial charge on any atom is 0.379 e. The van der Waals surface area contributed by atoms with Crippen LogP contribution < -0.4 is 0 Å². The Hall–Kier alpha value is -1.84. The van der Waals surface area contributed by atoms with Gasteiger partial charge in [-0.25, -0.2) is 4.79 Å². The van der Waals surface area contributed by atoms with Crippen LogP contribution in [0.25, 0.3) is 0 Å². The summed E-state index contributed by atoms with van der Waals surface area (Å²) in [6.45, 7) is 5.21. The van der Waals surface area contributed by atoms with Crippen molar-refractivity contribution in [3.8, 4) is 5.75 Å². The van der Waals surface area contributed by atoms with E-state index in [1.54, 1.807) is 26.8 Å². The first-order chi connectivity index (χ1) is 7.47. The number of carbonyl (C=O) groups is 2. The van der Waals surface area contributed by atoms with E-state index in [-0.39, 0.29) is 17.9 Å². The molecule has 1 aromatic carbocycles. The number of rotatable bonds is 3. The van der Waals surface area contributed by atoms with Crippen LogP contribution >= 0.6 is 0 Å². The van der Waals surface area contributed by atoms with Crippen molar-refractivity contribution in [1.29, 1.82) is 0 Å². The van der Waals surface area contributed by atoms with Gasteiger partial charge >= 0.3 is 5.97 Å². The first-order valence-corrected chi connectivity index (χ1v) is 4.99. The second kappa shape index (κ2) is 4.79. The summed E-state index contributed by atoms with van der Waals surface area (Å²) in [4.78, 5) is 22.9. The summed E-state index contributed by atoms with van der Waals surface area (Å²) >= 11 is 0. The van der Waals surface area contributed by atoms with Crippen molar-refractivity contribution >= 4 is 11.8 Å². The van der Waals surface area contributed by atoms with Crippen molar-refractivity contribution in [3.05, 3.63) is 28.8 Å². The minimum Gasteiger partial charge on any atom is -0.507 e. The van der Waals surface area contributed by atoms with Gasteiger partial charge in [-0.15, -0.1) is 0 Å². The molecule has 86 valence electrons. The van der Waals surface area contributed by atoms with Gasteiger partial charge in [0.1, 0.15) is 5.75 Å². The summed E-state index contributed by atoms with van der Waals surface area (Å²) in [5, 5.41) is 9.68. The fourth-order valence-corrected chi connectivity index (χ4v) is 1.44. The quantitative estimate of drug-likeness (QED) is 0.481. The fraction of sp³-hybridized carbons (Fsp3) is 0.333. The Morgan fingerprint density at radius 2 is 1.94 bits per heavy atom. The van der Waals surface area contributed by atoms with Crippen LogP contribution in [0.3, 0.4) is 0 Å². The van der Waals surface area contributed by atoms with Gasteiger partial charge in [-0.05, 0) is 38.0 Å². The number of hydrogen-bond donors (Lipinski definition) is 1. The van der Waals surface area contributed by atoms with Crippen molar-refractivity contribution < 1.29 is 19.4 Å². The van der Waals surface area contributed by atoms with E-state index in [9.17, 15) is 14.7 Å². The topological polar surface area (TPSA) is 63.6 Å². The zero-order chi connectivity index (χ0) is 12.3. The molecule has 1 rings (SSSR count). The first-order valence-electron chi connectivity index (χ1n) is 4.99. The van der Waals surface area contributed by atoms with Gasteiger partial charge in [0.25, 0.3) is 5.78 Å². The zero-order valence-electron chi connectivity index (χ0n) is 9.53. The SMILES string of the molecule is CCOC(=O)C(=O)c1cc(C)cc(C)c1O. The first kappa shape index (κ1) is 12.2. The number of Topliss-reactive ketones (excluding diaryl/α,β-unsaturated/α-hetero) is 1. The van der Waals surface area contributed by atoms with Gasteiger partial charge in [0, 0.05) is 0 Å². The van der Waals surface area contributed by atoms with E-state index in [4.69, 9.17) is 0 Å². The molecule has 4 heteroatoms. The molecule has 0 spiro atoms. The van der Waals surface area contributed by atoms with Crippen LogP contribution in [-0.2, 0) is 9.53 Å². The molecule has 0 aliphatic rings. The maximum atomic E-state index is 11.6. The van der Waals surface area contributed by atoms with Gasteiger partial charge in [0.05, 0.1) is 12.2 Å². The Morgan fingerprint density at radius 1 is 1.31 bits per heavy atom. The minimum absolute atomic E-state index is 0.00375. The van der Waals surface area contributed by atoms with E-state index in [2.05, 4.69) is 4.74 Å². The normalized spacial score (nSPS) is 9.94. The molecule has 0 aliphatic carbocycles. The average Bonchev–Trinajstić information content (AvgIpc) is 2.22. The number of aryl methyl sites for hydroxylation is 2. The standard InChI is InChI=1S/C12H14O4/c1-4-16-12(15)11(14)9-6-7(2)5-8(3)10(9)13/h5-6,13H,4H2,1-3H3. The summed E-state index contributed by atoms with van der Waals surface area (Å²) in [6.07, 6.45) is 0. The molecular formula is C12H14O4. The van der Waals surface area contributed by atoms with Crippen LogP contribution in [-0.4, -0.2) is 23.5 Å². The van der Waals surface area contributed by atoms with Gasteiger partial charge in [0.15, 0.2) is 0 Å². The molecule has 0 aromatic heterocycles. The third-order valence-corrected chi connectivity index (χ3v) is 2.15. The van der Waals surface area contributed by atoms with E-state index in [1.165, 1.54) is 6.07 Å². The number of hydrogen-bond acceptors (Lipinski definition) is 4. The average molecular weight is 222 g/mol. The van der Waals surface area contributed by atoms with Crippen molar-refractivity contribution in [2.24, 2.45) is 0 Å². The predicted molar refractivity (Wildman–Crippen MR) is 58.5 cm³/mol. The van der Waals surface area contributed by atoms with E-state index >= 15 is 0 Å². The second-order valence-electron chi connectivity index (χ2n) is 3.53. The Labute approximate surface area is 93.9 Å². The lowest BCUT2D eigenvalue weighted by Crippen LogP contribution is -2.18. The van der Waals surface area contributed by atoms with E-state index < -0.39 is 11.8 Å². The number of carbonyl (C=O) groups excluding carboxylic acids is 2. The molecular weight excluding hydrogens is 208 g/mol. The molecule has 1 aromatic rings. The second-order valence-corrected chi connectivity index (χ2v) is 3.53. The van der Waals surface area contributed by atoms with Crippen LogP contribution in [0.4, 0.5) is 0 Å². The highest BCUT2D eigenvalue weighted by molar-refractivity contribution is 6.41. The zero-order valence-corrected chi connectivity index (χ0v) is 9.53. The molecule has 0 saturated carbocycles. The van der Waals surface area contributed by atoms with Crippen molar-refractivity contribution in [1.82, 2.24) is 0 Å². The smallest absolute Gasteiger partial charge is 0.379 e. The van der Waals surface area contributed by atoms with Crippen LogP contribution in [0.2, 0.25) is 0 Å². The molecule has 0 bridgehead atoms. The number of ketones is 1. The Balaban J connectivity index is 3.13. The largest absolute Gasteiger partial charge is 0.507 e. The third-order valence-electron chi connectivity index (χ3n) is 2.15. The molecule has 0 heterocycles. The third kappa shape index (κ3) is 2.39. The molecule has 0 atom stereocenters. The van der Waals surface area contributed by atoms with Crippen molar-refractivity contribution in [2.75, 3.05) is 6.61 Å². The lowest BCUT2D eigenvalue weighted by Gasteiger charge is -2.07. The Bertz CT molecular complexity index is 435. The fourth-order valence-electron chi connectivity index (χ4n) is 1.44. The molecule has 1 N–H and O–H groups in total. The molecule has 0 amide bonds. The summed E-state index contributed by atoms with van der Waals surface area (Å²) in [5.74, 6) is -1.92. The number of esters is 1. The monoisotopic (exact) mass is 222 g/mol. The van der Waals surface area contributed by atoms with Crippen LogP contribution in [0, 0.1) is 13.8 Å². The number of benzene rings is 1. The highest BCUT2D eigenvalue weighted by Crippen LogP contribution is 2.24. The molecule has 0 saturated heterocycles. The lowest BCUT2D eigenvalue weighted by atomic mass is 10.0. The summed E-state index contributed by atoms with van der Waals surface area (Å²) in [5.41, 5.74) is 1.37. The van der Waals surface area contributed by atoms with Gasteiger partial charge < -0.3 is 9.84 Å². The van der Waals surface area contributed by atoms with Crippen molar-refractivity contribution in [2.45, 2.75) is 20.8 Å². The molecule has 16 heavy (non-hydrogen) atoms. The van der Waals surface area contributed by atoms with Crippen LogP contribution in [0.15, 0.2) is 12.1 Å². The predicted octanol–water partition coefficient (Wildman–Crippen LogP) is 1.75. The molecule has 0 unspecified atom stereocenters. The minimum atomic E-state index is -0.942. The number of phenols is 1. The number of aromatic hydroxyl groups is 1. The Morgan fingerprint density at radius 3 is 2.50 bits per heavy atom. The molecule has 0 fully saturated rings. The van der Waals surface area contributed by atoms with Gasteiger partial charge in [-0.3, -0.25) is 4.79 Å². The van der Waals surface area contributed by atoms with Crippen molar-refractivity contribution in [3.63, 3.8) is 0 Å². The lowest BCUT2D eigenvalue weighted by molar-refractivity contribution is -0.137. The highest BCUT2D eigenvalue weighted by atomic mass is 16.5. The molecule has 0 radical (unpaired) electrons. The molecule has 4 nitrogen and oxygen atoms in total. The van der Waals surface area contributed by atoms with E-state index in [0.717, 1.165) is 5.56 Å². The summed E-state index contributed by atoms with van der Waals surface area (Å²) < 4.78 is 4.59. The number of phenolic OH excluding ortho intramolecular Hbond substituents is 1. The van der Waals surface area contributed by atoms with E-state index in [1.807, 2.05) is 0 Å². The van der Waals surface area contributed by atoms with Crippen LogP contribution in [0.5, 0.6) is 5.75 Å². The maximum absolute atomic E-state index is 11.6.